The van der Waals surface area contributed by atoms with Crippen molar-refractivity contribution in [1.82, 2.24) is 19.5 Å². The maximum atomic E-state index is 5.07. The van der Waals surface area contributed by atoms with Crippen molar-refractivity contribution in [3.63, 3.8) is 0 Å². The highest BCUT2D eigenvalue weighted by Crippen LogP contribution is 2.54. The largest absolute Gasteiger partial charge is 0.307 e. The van der Waals surface area contributed by atoms with Crippen LogP contribution in [-0.2, 0) is 5.41 Å². The maximum absolute atomic E-state index is 5.07. The molecule has 0 radical (unpaired) electrons. The molecule has 0 fully saturated rings. The van der Waals surface area contributed by atoms with Crippen LogP contribution in [0.15, 0.2) is 119 Å². The van der Waals surface area contributed by atoms with Gasteiger partial charge in [0.1, 0.15) is 5.69 Å². The Morgan fingerprint density at radius 1 is 0.711 bits per heavy atom. The molecule has 1 aliphatic rings. The lowest BCUT2D eigenvalue weighted by Crippen LogP contribution is -2.16. The molecule has 0 N–H and O–H groups in total. The predicted molar refractivity (Wildman–Crippen MR) is 186 cm³/mol. The molecule has 0 saturated heterocycles. The van der Waals surface area contributed by atoms with Gasteiger partial charge in [0, 0.05) is 34.8 Å². The molecular formula is C39H30N6. The zero-order chi connectivity index (χ0) is 30.7. The summed E-state index contributed by atoms with van der Waals surface area (Å²) in [6.07, 6.45) is 5.39. The Kier molecular flexibility index (Phi) is 6.07. The molecule has 3 aromatic carbocycles. The second kappa shape index (κ2) is 10.2. The topological polar surface area (TPSA) is 68.3 Å². The van der Waals surface area contributed by atoms with E-state index >= 15 is 0 Å². The van der Waals surface area contributed by atoms with Gasteiger partial charge in [-0.3, -0.25) is 20.0 Å². The van der Waals surface area contributed by atoms with Crippen LogP contribution in [0.5, 0.6) is 0 Å². The van der Waals surface area contributed by atoms with Crippen LogP contribution in [0.3, 0.4) is 0 Å². The summed E-state index contributed by atoms with van der Waals surface area (Å²) < 4.78 is 2.34. The van der Waals surface area contributed by atoms with Crippen LogP contribution in [0.25, 0.3) is 61.4 Å². The number of nitrogens with zero attached hydrogens (tertiary/aromatic N) is 6. The van der Waals surface area contributed by atoms with Gasteiger partial charge in [-0.25, -0.2) is 4.98 Å². The summed E-state index contributed by atoms with van der Waals surface area (Å²) >= 11 is 0. The van der Waals surface area contributed by atoms with Gasteiger partial charge in [-0.1, -0.05) is 62.4 Å². The van der Waals surface area contributed by atoms with Crippen molar-refractivity contribution < 1.29 is 0 Å². The van der Waals surface area contributed by atoms with Crippen molar-refractivity contribution in [2.45, 2.75) is 26.2 Å². The fraction of sp³-hybridized carbons (Fsp3) is 0.103. The molecule has 4 heterocycles. The van der Waals surface area contributed by atoms with E-state index in [2.05, 4.69) is 94.7 Å². The molecule has 0 amide bonds. The van der Waals surface area contributed by atoms with Gasteiger partial charge in [0.25, 0.3) is 0 Å². The van der Waals surface area contributed by atoms with E-state index in [0.29, 0.717) is 0 Å². The van der Waals surface area contributed by atoms with Gasteiger partial charge < -0.3 is 4.57 Å². The van der Waals surface area contributed by atoms with E-state index in [9.17, 15) is 0 Å². The monoisotopic (exact) mass is 582 g/mol. The third kappa shape index (κ3) is 3.99. The third-order valence-corrected chi connectivity index (χ3v) is 8.91. The van der Waals surface area contributed by atoms with E-state index in [1.165, 1.54) is 22.3 Å². The zero-order valence-corrected chi connectivity index (χ0v) is 25.4. The summed E-state index contributed by atoms with van der Waals surface area (Å²) in [7, 11) is 0. The standard InChI is InChI=1S/C39H30N6/c1-5-41-32-19-18-28-27-17-16-26-25-12-6-7-13-29(25)39(2,3)35(26)37(27)45(38(28)36(32)40-4)24-22-33(30-14-8-10-20-42-30)44-34(23-24)31-15-9-11-21-43-31/h5-23H,4H2,1-3H3. The number of fused-ring (bicyclic) bond motifs is 7. The van der Waals surface area contributed by atoms with E-state index in [1.54, 1.807) is 18.6 Å². The molecule has 216 valence electrons. The minimum atomic E-state index is -0.246. The molecule has 4 aromatic heterocycles. The van der Waals surface area contributed by atoms with Gasteiger partial charge in [0.2, 0.25) is 0 Å². The van der Waals surface area contributed by atoms with Crippen LogP contribution >= 0.6 is 0 Å². The quantitative estimate of drug-likeness (QED) is 0.190. The molecule has 1 aliphatic carbocycles. The molecule has 6 nitrogen and oxygen atoms in total. The van der Waals surface area contributed by atoms with Gasteiger partial charge in [0.15, 0.2) is 0 Å². The Morgan fingerprint density at radius 3 is 2.00 bits per heavy atom. The Labute approximate surface area is 261 Å². The van der Waals surface area contributed by atoms with Crippen molar-refractivity contribution >= 4 is 46.1 Å². The molecule has 0 unspecified atom stereocenters. The number of hydrogen-bond acceptors (Lipinski definition) is 5. The Hall–Kier alpha value is -5.75. The molecule has 0 saturated carbocycles. The number of pyridine rings is 3. The summed E-state index contributed by atoms with van der Waals surface area (Å²) in [5.74, 6) is 0. The van der Waals surface area contributed by atoms with Gasteiger partial charge in [-0.15, -0.1) is 0 Å². The summed E-state index contributed by atoms with van der Waals surface area (Å²) in [6.45, 7) is 10.6. The van der Waals surface area contributed by atoms with E-state index in [0.717, 1.165) is 61.6 Å². The van der Waals surface area contributed by atoms with E-state index in [4.69, 9.17) is 9.98 Å². The Balaban J connectivity index is 1.57. The van der Waals surface area contributed by atoms with Gasteiger partial charge in [-0.05, 0) is 84.4 Å². The highest BCUT2D eigenvalue weighted by Gasteiger charge is 2.38. The number of aliphatic imine (C=N–C) groups is 2. The lowest BCUT2D eigenvalue weighted by atomic mass is 9.81. The number of benzene rings is 3. The molecule has 0 spiro atoms. The van der Waals surface area contributed by atoms with Crippen LogP contribution in [0, 0.1) is 0 Å². The van der Waals surface area contributed by atoms with Crippen LogP contribution in [0.4, 0.5) is 11.4 Å². The summed E-state index contributed by atoms with van der Waals surface area (Å²) in [4.78, 5) is 23.7. The average molecular weight is 583 g/mol. The maximum Gasteiger partial charge on any atom is 0.112 e. The number of aromatic nitrogens is 4. The molecule has 7 aromatic rings. The minimum Gasteiger partial charge on any atom is -0.307 e. The Morgan fingerprint density at radius 2 is 1.36 bits per heavy atom. The van der Waals surface area contributed by atoms with Gasteiger partial charge >= 0.3 is 0 Å². The first kappa shape index (κ1) is 26.8. The van der Waals surface area contributed by atoms with Crippen molar-refractivity contribution in [3.8, 4) is 39.6 Å². The molecule has 0 atom stereocenters. The van der Waals surface area contributed by atoms with Crippen molar-refractivity contribution in [2.24, 2.45) is 9.98 Å². The second-order valence-corrected chi connectivity index (χ2v) is 11.8. The fourth-order valence-electron chi connectivity index (χ4n) is 7.01. The van der Waals surface area contributed by atoms with Crippen LogP contribution in [0.1, 0.15) is 31.9 Å². The molecule has 6 heteroatoms. The summed E-state index contributed by atoms with van der Waals surface area (Å²) in [5, 5.41) is 2.24. The first-order valence-corrected chi connectivity index (χ1v) is 15.1. The zero-order valence-electron chi connectivity index (χ0n) is 25.4. The minimum absolute atomic E-state index is 0.246. The molecular weight excluding hydrogens is 552 g/mol. The SMILES string of the molecule is C=Nc1c(N=CC)ccc2c3ccc4c(c3n(-c3cc(-c5ccccn5)nc(-c5ccccn5)c3)c12)C(C)(C)c1ccccc1-4. The Bertz CT molecular complexity index is 2260. The normalized spacial score (nSPS) is 13.4. The predicted octanol–water partition coefficient (Wildman–Crippen LogP) is 9.66. The number of hydrogen-bond donors (Lipinski definition) is 0. The van der Waals surface area contributed by atoms with Gasteiger partial charge in [-0.2, -0.15) is 0 Å². The van der Waals surface area contributed by atoms with Crippen LogP contribution < -0.4 is 0 Å². The molecule has 8 rings (SSSR count). The first-order valence-electron chi connectivity index (χ1n) is 15.1. The molecule has 45 heavy (non-hydrogen) atoms. The molecule has 0 aliphatic heterocycles. The lowest BCUT2D eigenvalue weighted by molar-refractivity contribution is 0.664. The van der Waals surface area contributed by atoms with Crippen molar-refractivity contribution in [1.29, 1.82) is 0 Å². The number of rotatable bonds is 5. The van der Waals surface area contributed by atoms with E-state index in [-0.39, 0.29) is 5.41 Å². The second-order valence-electron chi connectivity index (χ2n) is 11.8. The summed E-state index contributed by atoms with van der Waals surface area (Å²) in [6, 6.07) is 33.5. The highest BCUT2D eigenvalue weighted by atomic mass is 15.0. The first-order chi connectivity index (χ1) is 22.0. The van der Waals surface area contributed by atoms with E-state index in [1.807, 2.05) is 49.4 Å². The fourth-order valence-corrected chi connectivity index (χ4v) is 7.01. The third-order valence-electron chi connectivity index (χ3n) is 8.91. The van der Waals surface area contributed by atoms with Gasteiger partial charge in [0.05, 0.1) is 45.2 Å². The summed E-state index contributed by atoms with van der Waals surface area (Å²) in [5.41, 5.74) is 12.5. The highest BCUT2D eigenvalue weighted by molar-refractivity contribution is 6.17. The average Bonchev–Trinajstić information content (AvgIpc) is 3.54. The van der Waals surface area contributed by atoms with Crippen LogP contribution in [0.2, 0.25) is 0 Å². The van der Waals surface area contributed by atoms with Crippen molar-refractivity contribution in [2.75, 3.05) is 0 Å². The van der Waals surface area contributed by atoms with Crippen LogP contribution in [-0.4, -0.2) is 32.5 Å². The van der Waals surface area contributed by atoms with Crippen molar-refractivity contribution in [3.05, 3.63) is 121 Å². The molecule has 0 bridgehead atoms. The lowest BCUT2D eigenvalue weighted by Gasteiger charge is -2.24. The van der Waals surface area contributed by atoms with E-state index < -0.39 is 0 Å². The smallest absolute Gasteiger partial charge is 0.112 e.